The summed E-state index contributed by atoms with van der Waals surface area (Å²) in [5.74, 6) is 0. The zero-order valence-electron chi connectivity index (χ0n) is 32.1. The highest BCUT2D eigenvalue weighted by atomic mass is 16.8. The average Bonchev–Trinajstić information content (AvgIpc) is 3.23. The van der Waals surface area contributed by atoms with Crippen molar-refractivity contribution in [2.45, 2.75) is 87.8 Å². The number of ether oxygens (including phenoxy) is 11. The van der Waals surface area contributed by atoms with Gasteiger partial charge in [-0.25, -0.2) is 0 Å². The summed E-state index contributed by atoms with van der Waals surface area (Å²) in [6.45, 7) is 1.69. The quantitative estimate of drug-likeness (QED) is 0.104. The van der Waals surface area contributed by atoms with Gasteiger partial charge in [-0.3, -0.25) is 0 Å². The maximum absolute atomic E-state index is 7.03. The van der Waals surface area contributed by atoms with E-state index in [1.165, 1.54) is 0 Å². The van der Waals surface area contributed by atoms with E-state index in [0.29, 0.717) is 19.8 Å². The second kappa shape index (κ2) is 21.7. The highest BCUT2D eigenvalue weighted by Gasteiger charge is 2.54. The van der Waals surface area contributed by atoms with Gasteiger partial charge in [-0.1, -0.05) is 121 Å². The molecule has 296 valence electrons. The van der Waals surface area contributed by atoms with E-state index in [9.17, 15) is 0 Å². The number of methoxy groups -OCH3 is 4. The molecule has 0 aromatic heterocycles. The lowest BCUT2D eigenvalue weighted by Gasteiger charge is -2.49. The molecule has 0 saturated carbocycles. The van der Waals surface area contributed by atoms with E-state index in [0.717, 1.165) is 22.3 Å². The van der Waals surface area contributed by atoms with Gasteiger partial charge in [0, 0.05) is 28.4 Å². The molecule has 2 aliphatic heterocycles. The highest BCUT2D eigenvalue weighted by Crippen LogP contribution is 2.36. The van der Waals surface area contributed by atoms with Gasteiger partial charge in [-0.2, -0.15) is 0 Å². The minimum atomic E-state index is -0.995. The number of hydrogen-bond donors (Lipinski definition) is 0. The molecule has 55 heavy (non-hydrogen) atoms. The summed E-state index contributed by atoms with van der Waals surface area (Å²) >= 11 is 0. The van der Waals surface area contributed by atoms with Crippen LogP contribution in [0.4, 0.5) is 0 Å². The first-order chi connectivity index (χ1) is 27.1. The molecule has 4 aromatic carbocycles. The fraction of sp³-hybridized carbons (Fsp3) is 0.455. The van der Waals surface area contributed by atoms with E-state index >= 15 is 0 Å². The zero-order valence-corrected chi connectivity index (χ0v) is 32.1. The summed E-state index contributed by atoms with van der Waals surface area (Å²) in [6.07, 6.45) is -7.05. The van der Waals surface area contributed by atoms with Gasteiger partial charge in [0.05, 0.1) is 39.6 Å². The van der Waals surface area contributed by atoms with Gasteiger partial charge in [0.15, 0.2) is 12.6 Å². The molecule has 11 heteroatoms. The highest BCUT2D eigenvalue weighted by molar-refractivity contribution is 5.16. The topological polar surface area (TPSA) is 102 Å². The van der Waals surface area contributed by atoms with E-state index < -0.39 is 61.4 Å². The molecule has 10 atom stereocenters. The third kappa shape index (κ3) is 11.3. The molecule has 0 spiro atoms. The Morgan fingerprint density at radius 2 is 0.836 bits per heavy atom. The van der Waals surface area contributed by atoms with Crippen LogP contribution in [0.2, 0.25) is 0 Å². The van der Waals surface area contributed by atoms with E-state index in [-0.39, 0.29) is 19.8 Å². The molecule has 0 N–H and O–H groups in total. The number of benzene rings is 4. The lowest BCUT2D eigenvalue weighted by Crippen LogP contribution is -2.66. The van der Waals surface area contributed by atoms with Crippen LogP contribution < -0.4 is 0 Å². The predicted octanol–water partition coefficient (Wildman–Crippen LogP) is 6.12. The standard InChI is InChI=1S/C44H54O11/c1-45-29-35-37(46-2)40(41(47-3)43(48-4)53-35)55-44-42(52-28-34-23-15-8-16-24-34)39(51-27-33-21-13-7-14-22-33)38(50-26-32-19-11-6-12-20-32)36(54-44)30-49-25-31-17-9-5-10-18-31/h5-24,35-44H,25-30H2,1-4H3/t35?,36?,37-,38-,39?,40?,41?,42?,43-,44-/m0/s1. The Kier molecular flexibility index (Phi) is 16.2. The van der Waals surface area contributed by atoms with Gasteiger partial charge in [-0.05, 0) is 22.3 Å². The van der Waals surface area contributed by atoms with Crippen molar-refractivity contribution in [2.75, 3.05) is 41.7 Å². The fourth-order valence-electron chi connectivity index (χ4n) is 7.07. The number of hydrogen-bond acceptors (Lipinski definition) is 11. The minimum Gasteiger partial charge on any atom is -0.382 e. The molecular formula is C44H54O11. The van der Waals surface area contributed by atoms with Gasteiger partial charge in [0.2, 0.25) is 0 Å². The van der Waals surface area contributed by atoms with Crippen molar-refractivity contribution in [3.63, 3.8) is 0 Å². The molecule has 2 heterocycles. The third-order valence-electron chi connectivity index (χ3n) is 9.83. The van der Waals surface area contributed by atoms with Crippen LogP contribution in [-0.2, 0) is 78.5 Å². The van der Waals surface area contributed by atoms with Crippen molar-refractivity contribution in [3.8, 4) is 0 Å². The first-order valence-corrected chi connectivity index (χ1v) is 18.7. The molecule has 2 aliphatic rings. The van der Waals surface area contributed by atoms with E-state index in [2.05, 4.69) is 0 Å². The summed E-state index contributed by atoms with van der Waals surface area (Å²) in [4.78, 5) is 0. The summed E-state index contributed by atoms with van der Waals surface area (Å²) in [5, 5.41) is 0. The minimum absolute atomic E-state index is 0.187. The number of rotatable bonds is 20. The first kappa shape index (κ1) is 41.1. The molecule has 11 nitrogen and oxygen atoms in total. The predicted molar refractivity (Wildman–Crippen MR) is 204 cm³/mol. The maximum Gasteiger partial charge on any atom is 0.187 e. The lowest BCUT2D eigenvalue weighted by molar-refractivity contribution is -0.372. The molecular weight excluding hydrogens is 704 g/mol. The molecule has 2 saturated heterocycles. The van der Waals surface area contributed by atoms with Gasteiger partial charge in [0.1, 0.15) is 48.8 Å². The van der Waals surface area contributed by atoms with E-state index in [1.54, 1.807) is 28.4 Å². The van der Waals surface area contributed by atoms with Crippen LogP contribution in [-0.4, -0.2) is 103 Å². The summed E-state index contributed by atoms with van der Waals surface area (Å²) in [6, 6.07) is 40.0. The van der Waals surface area contributed by atoms with Gasteiger partial charge in [-0.15, -0.1) is 0 Å². The summed E-state index contributed by atoms with van der Waals surface area (Å²) in [7, 11) is 6.37. The Morgan fingerprint density at radius 3 is 1.31 bits per heavy atom. The molecule has 0 aliphatic carbocycles. The summed E-state index contributed by atoms with van der Waals surface area (Å²) in [5.41, 5.74) is 4.03. The van der Waals surface area contributed by atoms with Crippen molar-refractivity contribution in [3.05, 3.63) is 144 Å². The smallest absolute Gasteiger partial charge is 0.187 e. The average molecular weight is 759 g/mol. The molecule has 6 rings (SSSR count). The normalized spacial score (nSPS) is 28.2. The SMILES string of the molecule is COCC1O[C@H](OC)C(OC)C(O[C@@H]2OC(COCc3ccccc3)[C@H](OCc3ccccc3)C(OCc3ccccc3)C2OCc2ccccc2)[C@H]1OC. The van der Waals surface area contributed by atoms with Crippen molar-refractivity contribution < 1.29 is 52.1 Å². The second-order valence-electron chi connectivity index (χ2n) is 13.6. The zero-order chi connectivity index (χ0) is 38.2. The van der Waals surface area contributed by atoms with Crippen LogP contribution in [0.1, 0.15) is 22.3 Å². The molecule has 0 amide bonds. The van der Waals surface area contributed by atoms with Crippen LogP contribution in [0.15, 0.2) is 121 Å². The maximum atomic E-state index is 7.03. The Labute approximate surface area is 324 Å². The fourth-order valence-corrected chi connectivity index (χ4v) is 7.07. The third-order valence-corrected chi connectivity index (χ3v) is 9.83. The molecule has 2 fully saturated rings. The van der Waals surface area contributed by atoms with Gasteiger partial charge in [0.25, 0.3) is 0 Å². The van der Waals surface area contributed by atoms with Crippen molar-refractivity contribution in [1.29, 1.82) is 0 Å². The second-order valence-corrected chi connectivity index (χ2v) is 13.6. The van der Waals surface area contributed by atoms with Crippen LogP contribution in [0.5, 0.6) is 0 Å². The Bertz CT molecular complexity index is 1620. The van der Waals surface area contributed by atoms with Gasteiger partial charge >= 0.3 is 0 Å². The molecule has 6 unspecified atom stereocenters. The van der Waals surface area contributed by atoms with E-state index in [1.807, 2.05) is 121 Å². The van der Waals surface area contributed by atoms with E-state index in [4.69, 9.17) is 52.1 Å². The van der Waals surface area contributed by atoms with Crippen LogP contribution >= 0.6 is 0 Å². The summed E-state index contributed by atoms with van der Waals surface area (Å²) < 4.78 is 70.4. The molecule has 4 aromatic rings. The van der Waals surface area contributed by atoms with Crippen molar-refractivity contribution in [2.24, 2.45) is 0 Å². The van der Waals surface area contributed by atoms with Gasteiger partial charge < -0.3 is 52.1 Å². The van der Waals surface area contributed by atoms with Crippen molar-refractivity contribution >= 4 is 0 Å². The Hall–Kier alpha value is -3.56. The first-order valence-electron chi connectivity index (χ1n) is 18.7. The molecule has 0 bridgehead atoms. The van der Waals surface area contributed by atoms with Crippen LogP contribution in [0.25, 0.3) is 0 Å². The Balaban J connectivity index is 1.37. The Morgan fingerprint density at radius 1 is 0.400 bits per heavy atom. The van der Waals surface area contributed by atoms with Crippen LogP contribution in [0, 0.1) is 0 Å². The largest absolute Gasteiger partial charge is 0.382 e. The molecule has 0 radical (unpaired) electrons. The lowest BCUT2D eigenvalue weighted by atomic mass is 9.96. The van der Waals surface area contributed by atoms with Crippen molar-refractivity contribution in [1.82, 2.24) is 0 Å². The monoisotopic (exact) mass is 758 g/mol. The van der Waals surface area contributed by atoms with Crippen LogP contribution in [0.3, 0.4) is 0 Å².